The van der Waals surface area contributed by atoms with E-state index in [2.05, 4.69) is 9.97 Å². The van der Waals surface area contributed by atoms with Crippen molar-refractivity contribution in [2.24, 2.45) is 5.92 Å². The Morgan fingerprint density at radius 3 is 2.92 bits per heavy atom. The number of carbonyl (C=O) groups excluding carboxylic acids is 1. The molecular formula is C17H21N3O2S2. The molecule has 1 aliphatic heterocycles. The molecule has 2 aromatic heterocycles. The van der Waals surface area contributed by atoms with Crippen LogP contribution in [-0.2, 0) is 11.2 Å². The number of carbonyl (C=O) groups is 1. The van der Waals surface area contributed by atoms with Crippen molar-refractivity contribution in [2.75, 3.05) is 19.8 Å². The minimum atomic E-state index is -0.0849. The second-order valence-electron chi connectivity index (χ2n) is 6.59. The molecule has 1 saturated carbocycles. The smallest absolute Gasteiger partial charge is 0.266 e. The Kier molecular flexibility index (Phi) is 4.40. The molecule has 24 heavy (non-hydrogen) atoms. The number of amides is 1. The van der Waals surface area contributed by atoms with Gasteiger partial charge in [0, 0.05) is 24.0 Å². The predicted molar refractivity (Wildman–Crippen MR) is 94.7 cm³/mol. The summed E-state index contributed by atoms with van der Waals surface area (Å²) in [6.07, 6.45) is 3.63. The number of thiazole rings is 2. The zero-order valence-electron chi connectivity index (χ0n) is 13.9. The molecule has 0 spiro atoms. The first kappa shape index (κ1) is 16.2. The van der Waals surface area contributed by atoms with Crippen LogP contribution in [0.15, 0.2) is 5.38 Å². The van der Waals surface area contributed by atoms with Crippen molar-refractivity contribution >= 4 is 28.6 Å². The number of hydrogen-bond donors (Lipinski definition) is 0. The van der Waals surface area contributed by atoms with Gasteiger partial charge in [0.2, 0.25) is 0 Å². The van der Waals surface area contributed by atoms with E-state index < -0.39 is 0 Å². The first-order chi connectivity index (χ1) is 11.6. The van der Waals surface area contributed by atoms with Crippen LogP contribution >= 0.6 is 22.7 Å². The van der Waals surface area contributed by atoms with Gasteiger partial charge in [-0.3, -0.25) is 4.79 Å². The molecule has 0 bridgehead atoms. The monoisotopic (exact) mass is 363 g/mol. The van der Waals surface area contributed by atoms with Crippen molar-refractivity contribution in [1.82, 2.24) is 14.9 Å². The van der Waals surface area contributed by atoms with E-state index >= 15 is 0 Å². The summed E-state index contributed by atoms with van der Waals surface area (Å²) in [4.78, 5) is 25.1. The number of nitrogens with zero attached hydrogens (tertiary/aromatic N) is 3. The summed E-state index contributed by atoms with van der Waals surface area (Å²) >= 11 is 3.17. The fourth-order valence-corrected chi connectivity index (χ4v) is 5.04. The summed E-state index contributed by atoms with van der Waals surface area (Å²) in [7, 11) is 0. The fourth-order valence-electron chi connectivity index (χ4n) is 3.01. The standard InChI is InChI=1S/C17H21N3O2S2/c1-10-9-23-16(18-10)13-8-22-6-5-20(13)17(21)15-11(2)19-14(24-15)7-12-3-4-12/h9,12-13H,3-8H2,1-2H3. The van der Waals surface area contributed by atoms with Gasteiger partial charge in [0.05, 0.1) is 23.9 Å². The van der Waals surface area contributed by atoms with Gasteiger partial charge >= 0.3 is 0 Å². The SMILES string of the molecule is Cc1csc(C2COCCN2C(=O)c2sc(CC3CC3)nc2C)n1. The highest BCUT2D eigenvalue weighted by Crippen LogP contribution is 2.35. The van der Waals surface area contributed by atoms with Crippen LogP contribution in [0.5, 0.6) is 0 Å². The molecule has 128 valence electrons. The summed E-state index contributed by atoms with van der Waals surface area (Å²) in [5, 5.41) is 4.09. The normalized spacial score (nSPS) is 21.2. The number of rotatable bonds is 4. The molecule has 1 saturated heterocycles. The summed E-state index contributed by atoms with van der Waals surface area (Å²) in [5.41, 5.74) is 1.86. The Labute approximate surface area is 149 Å². The molecular weight excluding hydrogens is 342 g/mol. The van der Waals surface area contributed by atoms with Crippen LogP contribution in [-0.4, -0.2) is 40.5 Å². The van der Waals surface area contributed by atoms with Crippen LogP contribution in [0, 0.1) is 19.8 Å². The van der Waals surface area contributed by atoms with E-state index in [1.165, 1.54) is 12.8 Å². The Hall–Kier alpha value is -1.31. The lowest BCUT2D eigenvalue weighted by atomic mass is 10.2. The van der Waals surface area contributed by atoms with Crippen molar-refractivity contribution in [3.8, 4) is 0 Å². The molecule has 2 aliphatic rings. The molecule has 4 rings (SSSR count). The van der Waals surface area contributed by atoms with Crippen LogP contribution in [0.4, 0.5) is 0 Å². The molecule has 1 aliphatic carbocycles. The zero-order chi connectivity index (χ0) is 16.7. The van der Waals surface area contributed by atoms with Crippen molar-refractivity contribution < 1.29 is 9.53 Å². The number of hydrogen-bond acceptors (Lipinski definition) is 6. The van der Waals surface area contributed by atoms with Gasteiger partial charge in [0.15, 0.2) is 0 Å². The lowest BCUT2D eigenvalue weighted by Gasteiger charge is -2.34. The average molecular weight is 364 g/mol. The summed E-state index contributed by atoms with van der Waals surface area (Å²) < 4.78 is 5.62. The largest absolute Gasteiger partial charge is 0.377 e. The number of ether oxygens (including phenoxy) is 1. The molecule has 7 heteroatoms. The van der Waals surface area contributed by atoms with E-state index in [4.69, 9.17) is 4.74 Å². The highest BCUT2D eigenvalue weighted by molar-refractivity contribution is 7.13. The Bertz CT molecular complexity index is 751. The number of aryl methyl sites for hydroxylation is 2. The lowest BCUT2D eigenvalue weighted by Crippen LogP contribution is -2.43. The number of morpholine rings is 1. The molecule has 1 unspecified atom stereocenters. The van der Waals surface area contributed by atoms with Crippen molar-refractivity contribution in [3.05, 3.63) is 31.7 Å². The topological polar surface area (TPSA) is 55.3 Å². The quantitative estimate of drug-likeness (QED) is 0.836. The van der Waals surface area contributed by atoms with E-state index in [-0.39, 0.29) is 11.9 Å². The highest BCUT2D eigenvalue weighted by atomic mass is 32.1. The molecule has 1 atom stereocenters. The molecule has 5 nitrogen and oxygen atoms in total. The van der Waals surface area contributed by atoms with Crippen molar-refractivity contribution in [2.45, 2.75) is 39.2 Å². The van der Waals surface area contributed by atoms with Gasteiger partial charge in [-0.05, 0) is 32.6 Å². The lowest BCUT2D eigenvalue weighted by molar-refractivity contribution is -0.00256. The molecule has 2 aromatic rings. The van der Waals surface area contributed by atoms with Gasteiger partial charge in [-0.25, -0.2) is 9.97 Å². The third-order valence-corrected chi connectivity index (χ3v) is 6.74. The Morgan fingerprint density at radius 2 is 2.21 bits per heavy atom. The van der Waals surface area contributed by atoms with E-state index in [0.717, 1.165) is 38.6 Å². The predicted octanol–water partition coefficient (Wildman–Crippen LogP) is 3.38. The van der Waals surface area contributed by atoms with Gasteiger partial charge in [0.25, 0.3) is 5.91 Å². The first-order valence-corrected chi connectivity index (χ1v) is 10.1. The summed E-state index contributed by atoms with van der Waals surface area (Å²) in [6.45, 7) is 5.64. The van der Waals surface area contributed by atoms with E-state index in [9.17, 15) is 4.79 Å². The maximum atomic E-state index is 13.1. The second-order valence-corrected chi connectivity index (χ2v) is 8.56. The minimum absolute atomic E-state index is 0.0770. The average Bonchev–Trinajstić information content (AvgIpc) is 3.16. The summed E-state index contributed by atoms with van der Waals surface area (Å²) in [5.74, 6) is 0.862. The van der Waals surface area contributed by atoms with E-state index in [1.54, 1.807) is 22.7 Å². The van der Waals surface area contributed by atoms with E-state index in [1.807, 2.05) is 24.1 Å². The molecule has 1 amide bonds. The van der Waals surface area contributed by atoms with Crippen LogP contribution in [0.3, 0.4) is 0 Å². The van der Waals surface area contributed by atoms with Gasteiger partial charge in [-0.1, -0.05) is 0 Å². The highest BCUT2D eigenvalue weighted by Gasteiger charge is 2.33. The van der Waals surface area contributed by atoms with Gasteiger partial charge in [0.1, 0.15) is 15.9 Å². The molecule has 0 radical (unpaired) electrons. The van der Waals surface area contributed by atoms with Gasteiger partial charge in [-0.15, -0.1) is 22.7 Å². The minimum Gasteiger partial charge on any atom is -0.377 e. The van der Waals surface area contributed by atoms with Crippen LogP contribution in [0.1, 0.15) is 50.0 Å². The van der Waals surface area contributed by atoms with Crippen LogP contribution < -0.4 is 0 Å². The maximum Gasteiger partial charge on any atom is 0.266 e. The second kappa shape index (κ2) is 6.54. The third kappa shape index (κ3) is 3.25. The Balaban J connectivity index is 1.58. The van der Waals surface area contributed by atoms with Gasteiger partial charge in [-0.2, -0.15) is 0 Å². The maximum absolute atomic E-state index is 13.1. The van der Waals surface area contributed by atoms with Gasteiger partial charge < -0.3 is 9.64 Å². The number of aromatic nitrogens is 2. The Morgan fingerprint density at radius 1 is 1.38 bits per heavy atom. The zero-order valence-corrected chi connectivity index (χ0v) is 15.6. The van der Waals surface area contributed by atoms with Crippen LogP contribution in [0.2, 0.25) is 0 Å². The molecule has 2 fully saturated rings. The third-order valence-electron chi connectivity index (χ3n) is 4.51. The van der Waals surface area contributed by atoms with Crippen molar-refractivity contribution in [3.63, 3.8) is 0 Å². The first-order valence-electron chi connectivity index (χ1n) is 8.39. The molecule has 3 heterocycles. The van der Waals surface area contributed by atoms with Crippen molar-refractivity contribution in [1.29, 1.82) is 0 Å². The molecule has 0 N–H and O–H groups in total. The van der Waals surface area contributed by atoms with E-state index in [0.29, 0.717) is 19.8 Å². The fraction of sp³-hybridized carbons (Fsp3) is 0.588. The molecule has 0 aromatic carbocycles. The summed E-state index contributed by atoms with van der Waals surface area (Å²) in [6, 6.07) is -0.0849. The van der Waals surface area contributed by atoms with Crippen LogP contribution in [0.25, 0.3) is 0 Å².